The monoisotopic (exact) mass is 352 g/mol. The zero-order chi connectivity index (χ0) is 13.7. The highest BCUT2D eigenvalue weighted by Crippen LogP contribution is 2.21. The summed E-state index contributed by atoms with van der Waals surface area (Å²) >= 11 is 10.6. The summed E-state index contributed by atoms with van der Waals surface area (Å²) in [5.74, 6) is -0.0113. The molecule has 0 spiro atoms. The zero-order valence-corrected chi connectivity index (χ0v) is 13.0. The Morgan fingerprint density at radius 2 is 1.89 bits per heavy atom. The first-order chi connectivity index (χ1) is 9.15. The van der Waals surface area contributed by atoms with Gasteiger partial charge in [-0.1, -0.05) is 51.4 Å². The summed E-state index contributed by atoms with van der Waals surface area (Å²) in [4.78, 5) is 12.9. The van der Waals surface area contributed by atoms with Crippen molar-refractivity contribution < 1.29 is 4.79 Å². The minimum atomic E-state index is -0.0113. The Morgan fingerprint density at radius 1 is 1.16 bits per heavy atom. The molecule has 0 fully saturated rings. The van der Waals surface area contributed by atoms with E-state index in [1.807, 2.05) is 36.4 Å². The van der Waals surface area contributed by atoms with Crippen molar-refractivity contribution in [1.82, 2.24) is 0 Å². The molecule has 0 heterocycles. The van der Waals surface area contributed by atoms with Crippen molar-refractivity contribution in [2.75, 3.05) is 0 Å². The molecule has 0 aliphatic rings. The highest BCUT2D eigenvalue weighted by atomic mass is 79.9. The van der Waals surface area contributed by atoms with E-state index in [0.717, 1.165) is 9.37 Å². The number of ketones is 1. The second-order valence-corrected chi connectivity index (χ2v) is 6.08. The lowest BCUT2D eigenvalue weighted by Crippen LogP contribution is -1.92. The Kier molecular flexibility index (Phi) is 5.25. The van der Waals surface area contributed by atoms with Crippen molar-refractivity contribution in [1.29, 1.82) is 0 Å². The second kappa shape index (κ2) is 6.94. The largest absolute Gasteiger partial charge is 0.289 e. The maximum Gasteiger partial charge on any atom is 0.186 e. The summed E-state index contributed by atoms with van der Waals surface area (Å²) in [6.07, 6.45) is 1.57. The minimum absolute atomic E-state index is 0.0113. The van der Waals surface area contributed by atoms with Crippen LogP contribution in [0, 0.1) is 0 Å². The number of hydrogen-bond acceptors (Lipinski definition) is 2. The molecule has 96 valence electrons. The first-order valence-corrected chi connectivity index (χ1v) is 7.59. The zero-order valence-electron chi connectivity index (χ0n) is 9.85. The molecule has 0 N–H and O–H groups in total. The molecule has 0 unspecified atom stereocenters. The SMILES string of the molecule is O=C(C=CSc1ccc(Cl)cc1)c1cccc(Br)c1. The average molecular weight is 354 g/mol. The first-order valence-electron chi connectivity index (χ1n) is 5.54. The van der Waals surface area contributed by atoms with E-state index in [9.17, 15) is 4.79 Å². The molecule has 2 rings (SSSR count). The summed E-state index contributed by atoms with van der Waals surface area (Å²) in [6.45, 7) is 0. The maximum absolute atomic E-state index is 11.9. The van der Waals surface area contributed by atoms with E-state index in [1.54, 1.807) is 23.6 Å². The molecule has 0 saturated heterocycles. The minimum Gasteiger partial charge on any atom is -0.289 e. The number of halogens is 2. The summed E-state index contributed by atoms with van der Waals surface area (Å²) < 4.78 is 0.900. The smallest absolute Gasteiger partial charge is 0.186 e. The van der Waals surface area contributed by atoms with Crippen LogP contribution in [-0.4, -0.2) is 5.78 Å². The third kappa shape index (κ3) is 4.53. The lowest BCUT2D eigenvalue weighted by atomic mass is 10.1. The van der Waals surface area contributed by atoms with Gasteiger partial charge in [0.2, 0.25) is 0 Å². The molecule has 0 atom stereocenters. The third-order valence-electron chi connectivity index (χ3n) is 2.35. The highest BCUT2D eigenvalue weighted by molar-refractivity contribution is 9.10. The fourth-order valence-electron chi connectivity index (χ4n) is 1.43. The van der Waals surface area contributed by atoms with Gasteiger partial charge in [0, 0.05) is 20.0 Å². The first kappa shape index (κ1) is 14.4. The maximum atomic E-state index is 11.9. The van der Waals surface area contributed by atoms with E-state index < -0.39 is 0 Å². The highest BCUT2D eigenvalue weighted by Gasteiger charge is 2.01. The van der Waals surface area contributed by atoms with E-state index in [4.69, 9.17) is 11.6 Å². The van der Waals surface area contributed by atoms with Crippen LogP contribution in [-0.2, 0) is 0 Å². The Hall–Kier alpha value is -1.03. The molecular formula is C15H10BrClOS. The number of hydrogen-bond donors (Lipinski definition) is 0. The third-order valence-corrected chi connectivity index (χ3v) is 3.91. The van der Waals surface area contributed by atoms with Crippen LogP contribution in [0.2, 0.25) is 5.02 Å². The van der Waals surface area contributed by atoms with Gasteiger partial charge in [0.1, 0.15) is 0 Å². The van der Waals surface area contributed by atoms with Gasteiger partial charge in [-0.05, 0) is 47.9 Å². The van der Waals surface area contributed by atoms with Crippen LogP contribution in [0.15, 0.2) is 69.4 Å². The van der Waals surface area contributed by atoms with Crippen molar-refractivity contribution in [2.24, 2.45) is 0 Å². The van der Waals surface area contributed by atoms with E-state index in [1.165, 1.54) is 11.8 Å². The average Bonchev–Trinajstić information content (AvgIpc) is 2.41. The van der Waals surface area contributed by atoms with Crippen molar-refractivity contribution in [3.8, 4) is 0 Å². The molecule has 0 radical (unpaired) electrons. The number of carbonyl (C=O) groups excluding carboxylic acids is 1. The van der Waals surface area contributed by atoms with Gasteiger partial charge < -0.3 is 0 Å². The number of allylic oxidation sites excluding steroid dienone is 1. The van der Waals surface area contributed by atoms with Crippen LogP contribution in [0.5, 0.6) is 0 Å². The van der Waals surface area contributed by atoms with Gasteiger partial charge in [-0.2, -0.15) is 0 Å². The fraction of sp³-hybridized carbons (Fsp3) is 0. The standard InChI is InChI=1S/C15H10BrClOS/c16-12-3-1-2-11(10-12)15(18)8-9-19-14-6-4-13(17)5-7-14/h1-10H. The van der Waals surface area contributed by atoms with Crippen LogP contribution >= 0.6 is 39.3 Å². The van der Waals surface area contributed by atoms with E-state index in [0.29, 0.717) is 10.6 Å². The normalized spacial score (nSPS) is 10.8. The summed E-state index contributed by atoms with van der Waals surface area (Å²) in [7, 11) is 0. The van der Waals surface area contributed by atoms with Crippen molar-refractivity contribution in [3.05, 3.63) is 75.1 Å². The van der Waals surface area contributed by atoms with Gasteiger partial charge in [-0.25, -0.2) is 0 Å². The number of rotatable bonds is 4. The predicted octanol–water partition coefficient (Wildman–Crippen LogP) is 5.59. The van der Waals surface area contributed by atoms with Crippen LogP contribution in [0.1, 0.15) is 10.4 Å². The van der Waals surface area contributed by atoms with Gasteiger partial charge >= 0.3 is 0 Å². The van der Waals surface area contributed by atoms with E-state index in [-0.39, 0.29) is 5.78 Å². The lowest BCUT2D eigenvalue weighted by molar-refractivity contribution is 0.104. The van der Waals surface area contributed by atoms with E-state index in [2.05, 4.69) is 15.9 Å². The van der Waals surface area contributed by atoms with Gasteiger partial charge in [0.15, 0.2) is 5.78 Å². The molecule has 0 aliphatic heterocycles. The van der Waals surface area contributed by atoms with Gasteiger partial charge in [-0.15, -0.1) is 0 Å². The van der Waals surface area contributed by atoms with Gasteiger partial charge in [0.05, 0.1) is 0 Å². The molecule has 2 aromatic rings. The summed E-state index contributed by atoms with van der Waals surface area (Å²) in [6, 6.07) is 14.8. The Morgan fingerprint density at radius 3 is 2.58 bits per heavy atom. The summed E-state index contributed by atoms with van der Waals surface area (Å²) in [5.41, 5.74) is 0.669. The van der Waals surface area contributed by atoms with Gasteiger partial charge in [-0.3, -0.25) is 4.79 Å². The molecule has 0 saturated carbocycles. The molecule has 4 heteroatoms. The summed E-state index contributed by atoms with van der Waals surface area (Å²) in [5, 5.41) is 2.49. The Balaban J connectivity index is 1.99. The van der Waals surface area contributed by atoms with Crippen molar-refractivity contribution in [3.63, 3.8) is 0 Å². The Bertz CT molecular complexity index is 608. The van der Waals surface area contributed by atoms with Crippen LogP contribution in [0.25, 0.3) is 0 Å². The van der Waals surface area contributed by atoms with Gasteiger partial charge in [0.25, 0.3) is 0 Å². The Labute approximate surface area is 129 Å². The lowest BCUT2D eigenvalue weighted by Gasteiger charge is -1.97. The van der Waals surface area contributed by atoms with E-state index >= 15 is 0 Å². The molecule has 1 nitrogen and oxygen atoms in total. The molecule has 0 bridgehead atoms. The predicted molar refractivity (Wildman–Crippen MR) is 84.9 cm³/mol. The molecule has 2 aromatic carbocycles. The van der Waals surface area contributed by atoms with Crippen LogP contribution in [0.4, 0.5) is 0 Å². The van der Waals surface area contributed by atoms with Crippen LogP contribution in [0.3, 0.4) is 0 Å². The molecular weight excluding hydrogens is 344 g/mol. The quantitative estimate of drug-likeness (QED) is 0.405. The van der Waals surface area contributed by atoms with Crippen molar-refractivity contribution >= 4 is 45.1 Å². The molecule has 0 amide bonds. The molecule has 19 heavy (non-hydrogen) atoms. The fourth-order valence-corrected chi connectivity index (χ4v) is 2.59. The topological polar surface area (TPSA) is 17.1 Å². The second-order valence-electron chi connectivity index (χ2n) is 3.75. The van der Waals surface area contributed by atoms with Crippen molar-refractivity contribution in [2.45, 2.75) is 4.90 Å². The number of carbonyl (C=O) groups is 1. The van der Waals surface area contributed by atoms with Crippen LogP contribution < -0.4 is 0 Å². The number of benzene rings is 2. The molecule has 0 aliphatic carbocycles. The molecule has 0 aromatic heterocycles. The number of thioether (sulfide) groups is 1.